The van der Waals surface area contributed by atoms with E-state index in [0.29, 0.717) is 19.5 Å². The first-order valence-corrected chi connectivity index (χ1v) is 7.35. The predicted molar refractivity (Wildman–Crippen MR) is 64.8 cm³/mol. The average Bonchev–Trinajstić information content (AvgIpc) is 2.26. The molecule has 1 aliphatic rings. The summed E-state index contributed by atoms with van der Waals surface area (Å²) in [4.78, 5) is 8.11. The van der Waals surface area contributed by atoms with Gasteiger partial charge in [-0.25, -0.2) is 18.4 Å². The summed E-state index contributed by atoms with van der Waals surface area (Å²) >= 11 is 0. The monoisotopic (exact) mass is 255 g/mol. The second kappa shape index (κ2) is 4.70. The minimum Gasteiger partial charge on any atom is -0.244 e. The van der Waals surface area contributed by atoms with Gasteiger partial charge in [-0.2, -0.15) is 4.31 Å². The topological polar surface area (TPSA) is 63.2 Å². The summed E-state index contributed by atoms with van der Waals surface area (Å²) in [6.07, 6.45) is 3.89. The molecular formula is C11H17N3O2S. The van der Waals surface area contributed by atoms with Gasteiger partial charge in [-0.3, -0.25) is 0 Å². The van der Waals surface area contributed by atoms with E-state index in [0.717, 1.165) is 11.3 Å². The second-order valence-electron chi connectivity index (χ2n) is 4.75. The Balaban J connectivity index is 2.18. The van der Waals surface area contributed by atoms with Gasteiger partial charge in [-0.05, 0) is 5.92 Å². The fourth-order valence-electron chi connectivity index (χ4n) is 2.00. The van der Waals surface area contributed by atoms with Crippen LogP contribution < -0.4 is 0 Å². The molecule has 0 saturated heterocycles. The molecule has 5 nitrogen and oxygen atoms in total. The van der Waals surface area contributed by atoms with Crippen molar-refractivity contribution in [3.8, 4) is 0 Å². The molecule has 6 heteroatoms. The SMILES string of the molecule is CC(C)CS(=O)(=O)N1CCc2ncncc2C1. The first kappa shape index (κ1) is 12.4. The van der Waals surface area contributed by atoms with E-state index in [2.05, 4.69) is 9.97 Å². The maximum Gasteiger partial charge on any atom is 0.214 e. The quantitative estimate of drug-likeness (QED) is 0.802. The van der Waals surface area contributed by atoms with Crippen LogP contribution in [0.5, 0.6) is 0 Å². The highest BCUT2D eigenvalue weighted by Crippen LogP contribution is 2.19. The lowest BCUT2D eigenvalue weighted by molar-refractivity contribution is 0.383. The molecule has 0 aliphatic carbocycles. The molecule has 0 bridgehead atoms. The molecule has 0 unspecified atom stereocenters. The van der Waals surface area contributed by atoms with E-state index >= 15 is 0 Å². The van der Waals surface area contributed by atoms with Crippen LogP contribution in [0.2, 0.25) is 0 Å². The Kier molecular flexibility index (Phi) is 3.44. The van der Waals surface area contributed by atoms with Crippen molar-refractivity contribution in [1.82, 2.24) is 14.3 Å². The first-order chi connectivity index (χ1) is 7.99. The second-order valence-corrected chi connectivity index (χ2v) is 6.76. The summed E-state index contributed by atoms with van der Waals surface area (Å²) in [7, 11) is -3.15. The number of sulfonamides is 1. The molecule has 1 aromatic rings. The lowest BCUT2D eigenvalue weighted by atomic mass is 10.1. The average molecular weight is 255 g/mol. The Morgan fingerprint density at radius 1 is 1.47 bits per heavy atom. The molecule has 0 N–H and O–H groups in total. The van der Waals surface area contributed by atoms with Crippen molar-refractivity contribution in [2.24, 2.45) is 5.92 Å². The third-order valence-electron chi connectivity index (χ3n) is 2.76. The fraction of sp³-hybridized carbons (Fsp3) is 0.636. The van der Waals surface area contributed by atoms with Gasteiger partial charge in [0.2, 0.25) is 10.0 Å². The predicted octanol–water partition coefficient (Wildman–Crippen LogP) is 0.820. The number of nitrogens with zero attached hydrogens (tertiary/aromatic N) is 3. The van der Waals surface area contributed by atoms with E-state index in [-0.39, 0.29) is 11.7 Å². The van der Waals surface area contributed by atoms with E-state index in [1.165, 1.54) is 6.33 Å². The highest BCUT2D eigenvalue weighted by atomic mass is 32.2. The van der Waals surface area contributed by atoms with Crippen LogP contribution in [-0.2, 0) is 23.0 Å². The number of hydrogen-bond donors (Lipinski definition) is 0. The van der Waals surface area contributed by atoms with Crippen molar-refractivity contribution >= 4 is 10.0 Å². The van der Waals surface area contributed by atoms with E-state index in [1.807, 2.05) is 13.8 Å². The molecule has 0 saturated carbocycles. The molecule has 0 aromatic carbocycles. The standard InChI is InChI=1S/C11H17N3O2S/c1-9(2)7-17(15,16)14-4-3-11-10(6-14)5-12-8-13-11/h5,8-9H,3-4,6-7H2,1-2H3. The maximum atomic E-state index is 12.1. The minimum absolute atomic E-state index is 0.147. The molecule has 2 rings (SSSR count). The van der Waals surface area contributed by atoms with Crippen LogP contribution >= 0.6 is 0 Å². The van der Waals surface area contributed by atoms with Gasteiger partial charge in [-0.15, -0.1) is 0 Å². The van der Waals surface area contributed by atoms with Crippen molar-refractivity contribution < 1.29 is 8.42 Å². The largest absolute Gasteiger partial charge is 0.244 e. The molecule has 0 radical (unpaired) electrons. The molecule has 1 aromatic heterocycles. The van der Waals surface area contributed by atoms with E-state index in [4.69, 9.17) is 0 Å². The first-order valence-electron chi connectivity index (χ1n) is 5.74. The van der Waals surface area contributed by atoms with E-state index in [1.54, 1.807) is 10.5 Å². The summed E-state index contributed by atoms with van der Waals surface area (Å²) in [5.41, 5.74) is 1.89. The molecule has 2 heterocycles. The molecule has 94 valence electrons. The molecule has 17 heavy (non-hydrogen) atoms. The van der Waals surface area contributed by atoms with Gasteiger partial charge in [0.15, 0.2) is 0 Å². The fourth-order valence-corrected chi connectivity index (χ4v) is 3.76. The van der Waals surface area contributed by atoms with Crippen molar-refractivity contribution in [3.63, 3.8) is 0 Å². The summed E-state index contributed by atoms with van der Waals surface area (Å²) in [6.45, 7) is 4.77. The summed E-state index contributed by atoms with van der Waals surface area (Å²) < 4.78 is 25.7. The Hall–Kier alpha value is -1.01. The van der Waals surface area contributed by atoms with Gasteiger partial charge in [0.25, 0.3) is 0 Å². The Morgan fingerprint density at radius 2 is 2.24 bits per heavy atom. The van der Waals surface area contributed by atoms with Gasteiger partial charge in [0.05, 0.1) is 5.75 Å². The van der Waals surface area contributed by atoms with Crippen LogP contribution in [0.4, 0.5) is 0 Å². The Morgan fingerprint density at radius 3 is 2.94 bits per heavy atom. The van der Waals surface area contributed by atoms with Crippen molar-refractivity contribution in [1.29, 1.82) is 0 Å². The Bertz CT molecular complexity index is 499. The van der Waals surface area contributed by atoms with Crippen LogP contribution in [0.1, 0.15) is 25.1 Å². The van der Waals surface area contributed by atoms with E-state index < -0.39 is 10.0 Å². The van der Waals surface area contributed by atoms with Crippen LogP contribution in [0, 0.1) is 5.92 Å². The highest BCUT2D eigenvalue weighted by molar-refractivity contribution is 7.89. The highest BCUT2D eigenvalue weighted by Gasteiger charge is 2.27. The third-order valence-corrected chi connectivity index (χ3v) is 4.95. The lowest BCUT2D eigenvalue weighted by Gasteiger charge is -2.27. The lowest BCUT2D eigenvalue weighted by Crippen LogP contribution is -2.38. The minimum atomic E-state index is -3.15. The molecule has 0 fully saturated rings. The van der Waals surface area contributed by atoms with Crippen LogP contribution in [-0.4, -0.2) is 35.0 Å². The number of aromatic nitrogens is 2. The van der Waals surface area contributed by atoms with Gasteiger partial charge >= 0.3 is 0 Å². The van der Waals surface area contributed by atoms with Gasteiger partial charge in [-0.1, -0.05) is 13.8 Å². The number of hydrogen-bond acceptors (Lipinski definition) is 4. The molecular weight excluding hydrogens is 238 g/mol. The zero-order valence-corrected chi connectivity index (χ0v) is 10.9. The molecule has 0 spiro atoms. The smallest absolute Gasteiger partial charge is 0.214 e. The normalized spacial score (nSPS) is 17.1. The zero-order valence-electron chi connectivity index (χ0n) is 10.1. The summed E-state index contributed by atoms with van der Waals surface area (Å²) in [6, 6.07) is 0. The van der Waals surface area contributed by atoms with Crippen LogP contribution in [0.15, 0.2) is 12.5 Å². The van der Waals surface area contributed by atoms with Gasteiger partial charge in [0, 0.05) is 37.0 Å². The van der Waals surface area contributed by atoms with Crippen LogP contribution in [0.3, 0.4) is 0 Å². The maximum absolute atomic E-state index is 12.1. The number of rotatable bonds is 3. The molecule has 0 atom stereocenters. The summed E-state index contributed by atoms with van der Waals surface area (Å²) in [5, 5.41) is 0. The zero-order chi connectivity index (χ0) is 12.5. The van der Waals surface area contributed by atoms with E-state index in [9.17, 15) is 8.42 Å². The van der Waals surface area contributed by atoms with Gasteiger partial charge < -0.3 is 0 Å². The van der Waals surface area contributed by atoms with Crippen molar-refractivity contribution in [2.45, 2.75) is 26.8 Å². The van der Waals surface area contributed by atoms with Gasteiger partial charge in [0.1, 0.15) is 6.33 Å². The van der Waals surface area contributed by atoms with Crippen molar-refractivity contribution in [2.75, 3.05) is 12.3 Å². The van der Waals surface area contributed by atoms with Crippen molar-refractivity contribution in [3.05, 3.63) is 23.8 Å². The Labute approximate surface area is 102 Å². The van der Waals surface area contributed by atoms with Crippen LogP contribution in [0.25, 0.3) is 0 Å². The third kappa shape index (κ3) is 2.81. The number of fused-ring (bicyclic) bond motifs is 1. The molecule has 0 amide bonds. The molecule has 1 aliphatic heterocycles. The summed E-state index contributed by atoms with van der Waals surface area (Å²) in [5.74, 6) is 0.351.